The third kappa shape index (κ3) is 1.55. The van der Waals surface area contributed by atoms with Gasteiger partial charge in [-0.05, 0) is 19.3 Å². The van der Waals surface area contributed by atoms with Gasteiger partial charge in [0.1, 0.15) is 6.17 Å². The molecule has 2 saturated heterocycles. The van der Waals surface area contributed by atoms with E-state index in [9.17, 15) is 4.79 Å². The topological polar surface area (TPSA) is 56.4 Å². The van der Waals surface area contributed by atoms with Crippen molar-refractivity contribution in [2.75, 3.05) is 6.67 Å². The molecule has 1 saturated carbocycles. The second-order valence-electron chi connectivity index (χ2n) is 4.48. The average molecular weight is 275 g/mol. The number of hydrogen-bond donors (Lipinski definition) is 3. The van der Waals surface area contributed by atoms with E-state index in [1.807, 2.05) is 0 Å². The van der Waals surface area contributed by atoms with Gasteiger partial charge in [-0.3, -0.25) is 5.32 Å². The van der Waals surface area contributed by atoms with Crippen molar-refractivity contribution in [3.05, 3.63) is 0 Å². The fourth-order valence-electron chi connectivity index (χ4n) is 2.87. The Morgan fingerprint density at radius 3 is 3.13 bits per heavy atom. The number of halogens is 1. The zero-order chi connectivity index (χ0) is 10.4. The van der Waals surface area contributed by atoms with Crippen LogP contribution in [0.15, 0.2) is 0 Å². The number of nitrogens with one attached hydrogen (secondary N) is 3. The van der Waals surface area contributed by atoms with Crippen LogP contribution in [0.4, 0.5) is 4.79 Å². The third-order valence-corrected chi connectivity index (χ3v) is 4.44. The molecule has 84 valence electrons. The first kappa shape index (κ1) is 9.86. The highest BCUT2D eigenvalue weighted by atomic mass is 79.9. The van der Waals surface area contributed by atoms with Crippen molar-refractivity contribution in [1.29, 1.82) is 0 Å². The predicted octanol–water partition coefficient (Wildman–Crippen LogP) is 0.335. The molecule has 6 heteroatoms. The normalized spacial score (nSPS) is 44.6. The Morgan fingerprint density at radius 2 is 2.27 bits per heavy atom. The largest absolute Gasteiger partial charge is 0.334 e. The van der Waals surface area contributed by atoms with Crippen molar-refractivity contribution in [2.24, 2.45) is 5.92 Å². The minimum absolute atomic E-state index is 0.0132. The maximum Gasteiger partial charge on any atom is 0.333 e. The fourth-order valence-corrected chi connectivity index (χ4v) is 3.57. The van der Waals surface area contributed by atoms with Crippen LogP contribution >= 0.6 is 15.9 Å². The Morgan fingerprint density at radius 1 is 1.40 bits per heavy atom. The molecule has 3 N–H and O–H groups in total. The summed E-state index contributed by atoms with van der Waals surface area (Å²) in [5, 5.41) is 8.12. The van der Waals surface area contributed by atoms with Crippen molar-refractivity contribution in [3.63, 3.8) is 0 Å². The molecule has 0 spiro atoms. The quantitative estimate of drug-likeness (QED) is 0.559. The highest BCUT2D eigenvalue weighted by Crippen LogP contribution is 2.35. The van der Waals surface area contributed by atoms with Gasteiger partial charge in [0.25, 0.3) is 0 Å². The summed E-state index contributed by atoms with van der Waals surface area (Å²) in [5.41, 5.74) is 3.05. The van der Waals surface area contributed by atoms with Gasteiger partial charge in [0, 0.05) is 16.8 Å². The van der Waals surface area contributed by atoms with Gasteiger partial charge in [0.2, 0.25) is 0 Å². The van der Waals surface area contributed by atoms with Crippen molar-refractivity contribution in [1.82, 2.24) is 21.1 Å². The molecular formula is C9H15BrN4O. The molecule has 0 aromatic heterocycles. The summed E-state index contributed by atoms with van der Waals surface area (Å²) in [6.45, 7) is 0.689. The Balaban J connectivity index is 1.82. The number of alkyl halides is 1. The molecule has 0 aromatic rings. The lowest BCUT2D eigenvalue weighted by Gasteiger charge is -2.45. The molecule has 4 atom stereocenters. The van der Waals surface area contributed by atoms with Crippen molar-refractivity contribution < 1.29 is 4.79 Å². The minimum Gasteiger partial charge on any atom is -0.334 e. The van der Waals surface area contributed by atoms with Crippen LogP contribution in [0, 0.1) is 5.92 Å². The van der Waals surface area contributed by atoms with Gasteiger partial charge in [-0.15, -0.1) is 0 Å². The molecule has 2 amide bonds. The van der Waals surface area contributed by atoms with Crippen LogP contribution in [0.5, 0.6) is 0 Å². The smallest absolute Gasteiger partial charge is 0.333 e. The lowest BCUT2D eigenvalue weighted by atomic mass is 9.81. The SMILES string of the molecule is O=C1NC2CCC(Br)CC2C2NCNN12. The Kier molecular flexibility index (Phi) is 2.37. The van der Waals surface area contributed by atoms with E-state index >= 15 is 0 Å². The summed E-state index contributed by atoms with van der Waals surface area (Å²) in [6, 6.07) is 0.360. The Hall–Kier alpha value is -0.330. The van der Waals surface area contributed by atoms with E-state index in [2.05, 4.69) is 32.0 Å². The second kappa shape index (κ2) is 3.61. The zero-order valence-electron chi connectivity index (χ0n) is 8.37. The molecule has 3 aliphatic rings. The minimum atomic E-state index is 0.0132. The number of nitrogens with zero attached hydrogens (tertiary/aromatic N) is 1. The van der Waals surface area contributed by atoms with Gasteiger partial charge in [-0.25, -0.2) is 15.2 Å². The summed E-state index contributed by atoms with van der Waals surface area (Å²) in [4.78, 5) is 12.3. The number of fused-ring (bicyclic) bond motifs is 3. The van der Waals surface area contributed by atoms with Gasteiger partial charge >= 0.3 is 6.03 Å². The first-order valence-electron chi connectivity index (χ1n) is 5.46. The number of hydrazine groups is 1. The summed E-state index contributed by atoms with van der Waals surface area (Å²) >= 11 is 3.68. The average Bonchev–Trinajstić information content (AvgIpc) is 2.69. The maximum absolute atomic E-state index is 11.7. The number of urea groups is 1. The van der Waals surface area contributed by atoms with Crippen molar-refractivity contribution in [3.8, 4) is 0 Å². The molecule has 0 radical (unpaired) electrons. The lowest BCUT2D eigenvalue weighted by Crippen LogP contribution is -2.65. The molecule has 3 rings (SSSR count). The van der Waals surface area contributed by atoms with Gasteiger partial charge in [-0.1, -0.05) is 15.9 Å². The van der Waals surface area contributed by atoms with Gasteiger partial charge < -0.3 is 5.32 Å². The highest BCUT2D eigenvalue weighted by molar-refractivity contribution is 9.09. The van der Waals surface area contributed by atoms with E-state index in [4.69, 9.17) is 0 Å². The van der Waals surface area contributed by atoms with E-state index in [1.165, 1.54) is 0 Å². The molecule has 4 unspecified atom stereocenters. The molecule has 0 bridgehead atoms. The molecular weight excluding hydrogens is 260 g/mol. The monoisotopic (exact) mass is 274 g/mol. The van der Waals surface area contributed by atoms with Crippen LogP contribution in [0.1, 0.15) is 19.3 Å². The van der Waals surface area contributed by atoms with Crippen LogP contribution in [0.3, 0.4) is 0 Å². The van der Waals surface area contributed by atoms with Crippen molar-refractivity contribution in [2.45, 2.75) is 36.3 Å². The maximum atomic E-state index is 11.7. The van der Waals surface area contributed by atoms with Gasteiger partial charge in [0.15, 0.2) is 0 Å². The predicted molar refractivity (Wildman–Crippen MR) is 59.1 cm³/mol. The summed E-state index contributed by atoms with van der Waals surface area (Å²) in [6.07, 6.45) is 3.53. The highest BCUT2D eigenvalue weighted by Gasteiger charge is 2.46. The molecule has 3 fully saturated rings. The third-order valence-electron chi connectivity index (χ3n) is 3.61. The molecule has 2 aliphatic heterocycles. The second-order valence-corrected chi connectivity index (χ2v) is 5.78. The van der Waals surface area contributed by atoms with Crippen LogP contribution in [-0.2, 0) is 0 Å². The van der Waals surface area contributed by atoms with Crippen LogP contribution in [0.25, 0.3) is 0 Å². The number of rotatable bonds is 0. The van der Waals surface area contributed by atoms with Crippen LogP contribution in [-0.4, -0.2) is 34.7 Å². The molecule has 1 aliphatic carbocycles. The van der Waals surface area contributed by atoms with Gasteiger partial charge in [0.05, 0.1) is 6.67 Å². The number of carbonyl (C=O) groups is 1. The Bertz CT molecular complexity index is 287. The van der Waals surface area contributed by atoms with E-state index in [0.29, 0.717) is 23.5 Å². The first-order chi connectivity index (χ1) is 7.25. The number of amides is 2. The summed E-state index contributed by atoms with van der Waals surface area (Å²) in [7, 11) is 0. The van der Waals surface area contributed by atoms with Crippen LogP contribution < -0.4 is 16.1 Å². The van der Waals surface area contributed by atoms with E-state index < -0.39 is 0 Å². The first-order valence-corrected chi connectivity index (χ1v) is 6.38. The fraction of sp³-hybridized carbons (Fsp3) is 0.889. The van der Waals surface area contributed by atoms with E-state index in [-0.39, 0.29) is 12.2 Å². The summed E-state index contributed by atoms with van der Waals surface area (Å²) in [5.74, 6) is 0.510. The Labute approximate surface area is 97.0 Å². The standard InChI is InChI=1S/C9H15BrN4O/c10-5-1-2-7-6(3-5)8-11-4-12-14(8)9(15)13-7/h5-8,11-12H,1-4H2,(H,13,15). The van der Waals surface area contributed by atoms with Gasteiger partial charge in [-0.2, -0.15) is 0 Å². The van der Waals surface area contributed by atoms with E-state index in [0.717, 1.165) is 19.3 Å². The molecule has 2 heterocycles. The van der Waals surface area contributed by atoms with Crippen LogP contribution in [0.2, 0.25) is 0 Å². The van der Waals surface area contributed by atoms with E-state index in [1.54, 1.807) is 5.01 Å². The van der Waals surface area contributed by atoms with Crippen molar-refractivity contribution >= 4 is 22.0 Å². The zero-order valence-corrected chi connectivity index (χ0v) is 9.96. The number of carbonyl (C=O) groups excluding carboxylic acids is 1. The lowest BCUT2D eigenvalue weighted by molar-refractivity contribution is 0.0730. The molecule has 0 aromatic carbocycles. The molecule has 5 nitrogen and oxygen atoms in total. The molecule has 15 heavy (non-hydrogen) atoms. The summed E-state index contributed by atoms with van der Waals surface area (Å²) < 4.78 is 0. The number of hydrogen-bond acceptors (Lipinski definition) is 3.